The average Bonchev–Trinajstić information content (AvgIpc) is 3.54. The molecule has 1 saturated heterocycles. The maximum absolute atomic E-state index is 13.9. The number of ether oxygens (including phenoxy) is 1. The van der Waals surface area contributed by atoms with E-state index in [1.807, 2.05) is 37.5 Å². The minimum absolute atomic E-state index is 0.296. The number of likely N-dealkylation sites (tertiary alicyclic amines) is 1. The Bertz CT molecular complexity index is 1500. The summed E-state index contributed by atoms with van der Waals surface area (Å²) in [5.41, 5.74) is 3.30. The van der Waals surface area contributed by atoms with Gasteiger partial charge in [0, 0.05) is 49.2 Å². The lowest BCUT2D eigenvalue weighted by Gasteiger charge is -2.29. The summed E-state index contributed by atoms with van der Waals surface area (Å²) < 4.78 is 21.4. The molecular formula is C28H30FN7O2. The number of nitrogens with one attached hydrogen (secondary N) is 2. The predicted octanol–water partition coefficient (Wildman–Crippen LogP) is 4.58. The lowest BCUT2D eigenvalue weighted by Crippen LogP contribution is -2.34. The fourth-order valence-electron chi connectivity index (χ4n) is 4.77. The summed E-state index contributed by atoms with van der Waals surface area (Å²) in [5, 5.41) is 6.97. The molecule has 1 aliphatic rings. The number of aromatic nitrogens is 3. The van der Waals surface area contributed by atoms with Crippen LogP contribution in [0.5, 0.6) is 5.75 Å². The third-order valence-electron chi connectivity index (χ3n) is 6.82. The van der Waals surface area contributed by atoms with E-state index in [-0.39, 0.29) is 11.7 Å². The van der Waals surface area contributed by atoms with Gasteiger partial charge < -0.3 is 29.7 Å². The van der Waals surface area contributed by atoms with Gasteiger partial charge in [0.2, 0.25) is 11.9 Å². The van der Waals surface area contributed by atoms with E-state index in [0.717, 1.165) is 30.6 Å². The van der Waals surface area contributed by atoms with Crippen LogP contribution in [0.15, 0.2) is 67.5 Å². The molecule has 2 aromatic carbocycles. The first-order chi connectivity index (χ1) is 18.4. The lowest BCUT2D eigenvalue weighted by molar-refractivity contribution is -0.111. The normalized spacial score (nSPS) is 15.4. The number of hydrogen-bond acceptors (Lipinski definition) is 7. The first kappa shape index (κ1) is 25.2. The van der Waals surface area contributed by atoms with Crippen LogP contribution in [-0.4, -0.2) is 65.7 Å². The van der Waals surface area contributed by atoms with Gasteiger partial charge in [0.25, 0.3) is 0 Å². The second-order valence-corrected chi connectivity index (χ2v) is 9.34. The summed E-state index contributed by atoms with van der Waals surface area (Å²) in [6, 6.07) is 12.2. The van der Waals surface area contributed by atoms with Crippen molar-refractivity contribution >= 4 is 40.0 Å². The van der Waals surface area contributed by atoms with E-state index in [2.05, 4.69) is 39.0 Å². The van der Waals surface area contributed by atoms with E-state index >= 15 is 0 Å². The molecule has 5 rings (SSSR count). The number of amides is 1. The van der Waals surface area contributed by atoms with Crippen LogP contribution in [0.2, 0.25) is 0 Å². The third kappa shape index (κ3) is 5.03. The highest BCUT2D eigenvalue weighted by atomic mass is 19.1. The lowest BCUT2D eigenvalue weighted by atomic mass is 10.1. The van der Waals surface area contributed by atoms with Crippen LogP contribution in [0.3, 0.4) is 0 Å². The summed E-state index contributed by atoms with van der Waals surface area (Å²) in [7, 11) is 5.71. The number of methoxy groups -OCH3 is 1. The Labute approximate surface area is 220 Å². The van der Waals surface area contributed by atoms with Gasteiger partial charge in [-0.3, -0.25) is 4.79 Å². The summed E-state index contributed by atoms with van der Waals surface area (Å²) >= 11 is 0. The fraction of sp³-hybridized carbons (Fsp3) is 0.250. The van der Waals surface area contributed by atoms with Crippen LogP contribution in [0, 0.1) is 5.82 Å². The molecule has 1 amide bonds. The average molecular weight is 516 g/mol. The summed E-state index contributed by atoms with van der Waals surface area (Å²) in [6.45, 7) is 5.52. The molecule has 1 unspecified atom stereocenters. The number of benzene rings is 2. The highest BCUT2D eigenvalue weighted by molar-refractivity contribution is 6.02. The Kier molecular flexibility index (Phi) is 6.97. The number of halogens is 1. The Morgan fingerprint density at radius 2 is 2.11 bits per heavy atom. The smallest absolute Gasteiger partial charge is 0.247 e. The van der Waals surface area contributed by atoms with Crippen molar-refractivity contribution in [3.05, 3.63) is 73.3 Å². The van der Waals surface area contributed by atoms with Crippen molar-refractivity contribution in [2.75, 3.05) is 49.8 Å². The molecule has 0 aliphatic carbocycles. The molecule has 0 bridgehead atoms. The first-order valence-electron chi connectivity index (χ1n) is 12.3. The van der Waals surface area contributed by atoms with Crippen molar-refractivity contribution < 1.29 is 13.9 Å². The van der Waals surface area contributed by atoms with Crippen LogP contribution in [0.1, 0.15) is 6.42 Å². The van der Waals surface area contributed by atoms with Crippen molar-refractivity contribution in [2.45, 2.75) is 12.5 Å². The largest absolute Gasteiger partial charge is 0.494 e. The van der Waals surface area contributed by atoms with Crippen molar-refractivity contribution in [2.24, 2.45) is 0 Å². The minimum Gasteiger partial charge on any atom is -0.494 e. The standard InChI is InChI=1S/C28H30FN7O2/c1-5-26(37)31-22-14-23(25(38-4)15-24(22)35(3)21-10-11-34(2)17-21)32-28-30-16-18-9-12-36(27(18)33-28)20-8-6-7-19(29)13-20/h5-9,12-16,21H,1,10-11,17H2,2-4H3,(H,31,37)(H,30,32,33). The van der Waals surface area contributed by atoms with Crippen LogP contribution in [-0.2, 0) is 4.79 Å². The fourth-order valence-corrected chi connectivity index (χ4v) is 4.77. The minimum atomic E-state index is -0.329. The molecular weight excluding hydrogens is 485 g/mol. The zero-order valence-corrected chi connectivity index (χ0v) is 21.6. The van der Waals surface area contributed by atoms with Gasteiger partial charge >= 0.3 is 0 Å². The molecule has 0 spiro atoms. The quantitative estimate of drug-likeness (QED) is 0.332. The molecule has 196 valence electrons. The molecule has 2 aromatic heterocycles. The van der Waals surface area contributed by atoms with Gasteiger partial charge in [-0.05, 0) is 56.4 Å². The van der Waals surface area contributed by atoms with Crippen molar-refractivity contribution in [1.29, 1.82) is 0 Å². The maximum Gasteiger partial charge on any atom is 0.247 e. The second-order valence-electron chi connectivity index (χ2n) is 9.34. The molecule has 1 fully saturated rings. The van der Waals surface area contributed by atoms with Crippen LogP contribution in [0.25, 0.3) is 16.7 Å². The number of carbonyl (C=O) groups is 1. The highest BCUT2D eigenvalue weighted by Gasteiger charge is 2.26. The van der Waals surface area contributed by atoms with Crippen molar-refractivity contribution in [3.8, 4) is 11.4 Å². The molecule has 10 heteroatoms. The van der Waals surface area contributed by atoms with Crippen molar-refractivity contribution in [3.63, 3.8) is 0 Å². The molecule has 0 radical (unpaired) electrons. The topological polar surface area (TPSA) is 87.5 Å². The summed E-state index contributed by atoms with van der Waals surface area (Å²) in [5.74, 6) is 0.250. The van der Waals surface area contributed by atoms with E-state index in [1.165, 1.54) is 18.2 Å². The van der Waals surface area contributed by atoms with Crippen molar-refractivity contribution in [1.82, 2.24) is 19.4 Å². The van der Waals surface area contributed by atoms with Gasteiger partial charge in [0.1, 0.15) is 17.2 Å². The number of likely N-dealkylation sites (N-methyl/N-ethyl adjacent to an activating group) is 2. The Morgan fingerprint density at radius 3 is 2.82 bits per heavy atom. The molecule has 1 aliphatic heterocycles. The number of carbonyl (C=O) groups excluding carboxylic acids is 1. The molecule has 0 saturated carbocycles. The number of rotatable bonds is 8. The molecule has 3 heterocycles. The molecule has 9 nitrogen and oxygen atoms in total. The predicted molar refractivity (Wildman–Crippen MR) is 148 cm³/mol. The second kappa shape index (κ2) is 10.5. The zero-order chi connectivity index (χ0) is 26.8. The SMILES string of the molecule is C=CC(=O)Nc1cc(Nc2ncc3ccn(-c4cccc(F)c4)c3n2)c(OC)cc1N(C)C1CCN(C)C1. The van der Waals surface area contributed by atoms with E-state index in [4.69, 9.17) is 9.72 Å². The van der Waals surface area contributed by atoms with E-state index in [1.54, 1.807) is 23.9 Å². The van der Waals surface area contributed by atoms with Crippen LogP contribution >= 0.6 is 0 Å². The third-order valence-corrected chi connectivity index (χ3v) is 6.82. The van der Waals surface area contributed by atoms with E-state index < -0.39 is 0 Å². The van der Waals surface area contributed by atoms with E-state index in [9.17, 15) is 9.18 Å². The zero-order valence-electron chi connectivity index (χ0n) is 21.6. The highest BCUT2D eigenvalue weighted by Crippen LogP contribution is 2.39. The Morgan fingerprint density at radius 1 is 1.26 bits per heavy atom. The number of fused-ring (bicyclic) bond motifs is 1. The Hall–Kier alpha value is -4.44. The van der Waals surface area contributed by atoms with Gasteiger partial charge in [0.05, 0.1) is 24.2 Å². The monoisotopic (exact) mass is 515 g/mol. The Balaban J connectivity index is 1.52. The van der Waals surface area contributed by atoms with Gasteiger partial charge in [-0.15, -0.1) is 0 Å². The van der Waals surface area contributed by atoms with Gasteiger partial charge in [-0.1, -0.05) is 12.6 Å². The van der Waals surface area contributed by atoms with Gasteiger partial charge in [-0.2, -0.15) is 4.98 Å². The maximum atomic E-state index is 13.9. The molecule has 38 heavy (non-hydrogen) atoms. The molecule has 2 N–H and O–H groups in total. The molecule has 1 atom stereocenters. The van der Waals surface area contributed by atoms with Gasteiger partial charge in [0.15, 0.2) is 0 Å². The van der Waals surface area contributed by atoms with Gasteiger partial charge in [-0.25, -0.2) is 9.37 Å². The number of anilines is 4. The van der Waals surface area contributed by atoms with Crippen LogP contribution in [0.4, 0.5) is 27.4 Å². The molecule has 4 aromatic rings. The summed E-state index contributed by atoms with van der Waals surface area (Å²) in [4.78, 5) is 25.9. The van der Waals surface area contributed by atoms with Crippen LogP contribution < -0.4 is 20.3 Å². The summed E-state index contributed by atoms with van der Waals surface area (Å²) in [6.07, 6.45) is 5.78. The first-order valence-corrected chi connectivity index (χ1v) is 12.3. The number of nitrogens with zero attached hydrogens (tertiary/aromatic N) is 5. The number of hydrogen-bond donors (Lipinski definition) is 2. The van der Waals surface area contributed by atoms with E-state index in [0.29, 0.717) is 40.4 Å².